The molecule has 0 unspecified atom stereocenters. The molecule has 28 heavy (non-hydrogen) atoms. The minimum Gasteiger partial charge on any atom is -0.336 e. The molecular formula is C21H26N2O3S2. The van der Waals surface area contributed by atoms with Gasteiger partial charge in [-0.2, -0.15) is 11.3 Å². The van der Waals surface area contributed by atoms with Crippen molar-refractivity contribution >= 4 is 27.3 Å². The predicted octanol–water partition coefficient (Wildman–Crippen LogP) is 3.66. The third-order valence-electron chi connectivity index (χ3n) is 5.76. The number of aryl methyl sites for hydroxylation is 2. The minimum atomic E-state index is -3.59. The van der Waals surface area contributed by atoms with Gasteiger partial charge in [0.1, 0.15) is 0 Å². The fourth-order valence-corrected chi connectivity index (χ4v) is 6.06. The molecule has 1 aromatic carbocycles. The van der Waals surface area contributed by atoms with Crippen molar-refractivity contribution in [3.8, 4) is 0 Å². The molecule has 0 saturated carbocycles. The molecule has 5 nitrogen and oxygen atoms in total. The van der Waals surface area contributed by atoms with E-state index in [1.807, 2.05) is 16.3 Å². The molecule has 1 amide bonds. The molecular weight excluding hydrogens is 392 g/mol. The fraction of sp³-hybridized carbons (Fsp3) is 0.476. The number of carbonyl (C=O) groups is 1. The summed E-state index contributed by atoms with van der Waals surface area (Å²) in [5.74, 6) is 0.0156. The molecule has 1 saturated heterocycles. The number of likely N-dealkylation sites (tertiary alicyclic amines) is 1. The van der Waals surface area contributed by atoms with E-state index in [1.54, 1.807) is 23.5 Å². The molecule has 1 aromatic heterocycles. The van der Waals surface area contributed by atoms with Crippen molar-refractivity contribution in [2.75, 3.05) is 13.1 Å². The van der Waals surface area contributed by atoms with Gasteiger partial charge in [-0.25, -0.2) is 13.1 Å². The maximum Gasteiger partial charge on any atom is 0.240 e. The lowest BCUT2D eigenvalue weighted by Crippen LogP contribution is -2.34. The van der Waals surface area contributed by atoms with Crippen molar-refractivity contribution in [1.82, 2.24) is 9.62 Å². The largest absolute Gasteiger partial charge is 0.336 e. The highest BCUT2D eigenvalue weighted by Gasteiger charge is 2.30. The first-order valence-electron chi connectivity index (χ1n) is 9.97. The van der Waals surface area contributed by atoms with Crippen LogP contribution in [0.2, 0.25) is 0 Å². The van der Waals surface area contributed by atoms with E-state index in [2.05, 4.69) is 16.2 Å². The zero-order valence-corrected chi connectivity index (χ0v) is 17.5. The van der Waals surface area contributed by atoms with Crippen LogP contribution in [0.4, 0.5) is 0 Å². The van der Waals surface area contributed by atoms with Crippen LogP contribution < -0.4 is 4.72 Å². The van der Waals surface area contributed by atoms with E-state index in [0.29, 0.717) is 4.90 Å². The molecule has 2 aromatic rings. The monoisotopic (exact) mass is 418 g/mol. The maximum atomic E-state index is 12.7. The molecule has 1 aliphatic carbocycles. The number of hydrogen-bond acceptors (Lipinski definition) is 4. The average molecular weight is 419 g/mol. The summed E-state index contributed by atoms with van der Waals surface area (Å²) in [4.78, 5) is 14.9. The molecule has 2 aliphatic rings. The third-order valence-corrected chi connectivity index (χ3v) is 7.92. The summed E-state index contributed by atoms with van der Waals surface area (Å²) in [6.07, 6.45) is 6.40. The Kier molecular flexibility index (Phi) is 5.85. The summed E-state index contributed by atoms with van der Waals surface area (Å²) in [5.41, 5.74) is 3.58. The van der Waals surface area contributed by atoms with Gasteiger partial charge in [0.05, 0.1) is 10.9 Å². The van der Waals surface area contributed by atoms with Crippen LogP contribution in [0.1, 0.15) is 54.8 Å². The molecule has 1 N–H and O–H groups in total. The average Bonchev–Trinajstić information content (AvgIpc) is 3.38. The van der Waals surface area contributed by atoms with Crippen LogP contribution in [-0.2, 0) is 27.7 Å². The predicted molar refractivity (Wildman–Crippen MR) is 111 cm³/mol. The van der Waals surface area contributed by atoms with E-state index < -0.39 is 10.0 Å². The second kappa shape index (κ2) is 8.35. The Morgan fingerprint density at radius 1 is 1.14 bits per heavy atom. The summed E-state index contributed by atoms with van der Waals surface area (Å²) < 4.78 is 27.9. The van der Waals surface area contributed by atoms with Gasteiger partial charge in [0.25, 0.3) is 0 Å². The second-order valence-electron chi connectivity index (χ2n) is 7.59. The van der Waals surface area contributed by atoms with Crippen molar-refractivity contribution in [1.29, 1.82) is 0 Å². The van der Waals surface area contributed by atoms with Crippen LogP contribution in [0.5, 0.6) is 0 Å². The molecule has 0 bridgehead atoms. The SMILES string of the molecule is O=C(CCNS(=O)(=O)c1ccc2c(c1)CCCC2)N1CCC[C@@H]1c1ccsc1. The quantitative estimate of drug-likeness (QED) is 0.779. The van der Waals surface area contributed by atoms with Gasteiger partial charge in [0.15, 0.2) is 0 Å². The number of rotatable bonds is 6. The lowest BCUT2D eigenvalue weighted by atomic mass is 9.92. The zero-order chi connectivity index (χ0) is 19.6. The molecule has 150 valence electrons. The summed E-state index contributed by atoms with van der Waals surface area (Å²) in [6, 6.07) is 7.62. The van der Waals surface area contributed by atoms with E-state index in [0.717, 1.165) is 44.2 Å². The lowest BCUT2D eigenvalue weighted by Gasteiger charge is -2.24. The van der Waals surface area contributed by atoms with Gasteiger partial charge in [-0.05, 0) is 84.2 Å². The molecule has 0 radical (unpaired) electrons. The summed E-state index contributed by atoms with van der Waals surface area (Å²) >= 11 is 1.64. The molecule has 4 rings (SSSR count). The summed E-state index contributed by atoms with van der Waals surface area (Å²) in [6.45, 7) is 0.877. The Balaban J connectivity index is 1.36. The Morgan fingerprint density at radius 3 is 2.75 bits per heavy atom. The van der Waals surface area contributed by atoms with Crippen molar-refractivity contribution in [3.63, 3.8) is 0 Å². The highest BCUT2D eigenvalue weighted by atomic mass is 32.2. The Bertz CT molecular complexity index is 939. The van der Waals surface area contributed by atoms with Crippen LogP contribution in [0.25, 0.3) is 0 Å². The molecule has 1 atom stereocenters. The molecule has 2 heterocycles. The van der Waals surface area contributed by atoms with Gasteiger partial charge >= 0.3 is 0 Å². The smallest absolute Gasteiger partial charge is 0.240 e. The Labute approximate surface area is 170 Å². The highest BCUT2D eigenvalue weighted by molar-refractivity contribution is 7.89. The minimum absolute atomic E-state index is 0.0156. The number of thiophene rings is 1. The number of hydrogen-bond donors (Lipinski definition) is 1. The summed E-state index contributed by atoms with van der Waals surface area (Å²) in [7, 11) is -3.59. The second-order valence-corrected chi connectivity index (χ2v) is 10.1. The van der Waals surface area contributed by atoms with Crippen molar-refractivity contribution < 1.29 is 13.2 Å². The number of benzene rings is 1. The fourth-order valence-electron chi connectivity index (χ4n) is 4.27. The number of fused-ring (bicyclic) bond motifs is 1. The molecule has 7 heteroatoms. The van der Waals surface area contributed by atoms with Gasteiger partial charge < -0.3 is 4.90 Å². The van der Waals surface area contributed by atoms with Crippen LogP contribution in [0.15, 0.2) is 39.9 Å². The standard InChI is InChI=1S/C21H26N2O3S2/c24-21(23-12-3-6-20(23)18-10-13-27-15-18)9-11-22-28(25,26)19-8-7-16-4-1-2-5-17(16)14-19/h7-8,10,13-15,20,22H,1-6,9,11-12H2/t20-/m1/s1. The lowest BCUT2D eigenvalue weighted by molar-refractivity contribution is -0.131. The van der Waals surface area contributed by atoms with Gasteiger partial charge in [0, 0.05) is 19.5 Å². The van der Waals surface area contributed by atoms with Crippen LogP contribution in [-0.4, -0.2) is 32.3 Å². The number of carbonyl (C=O) groups excluding carboxylic acids is 1. The first kappa shape index (κ1) is 19.6. The van der Waals surface area contributed by atoms with Gasteiger partial charge in [-0.15, -0.1) is 0 Å². The van der Waals surface area contributed by atoms with Crippen molar-refractivity contribution in [2.45, 2.75) is 55.9 Å². The zero-order valence-electron chi connectivity index (χ0n) is 15.9. The number of sulfonamides is 1. The van der Waals surface area contributed by atoms with E-state index in [9.17, 15) is 13.2 Å². The number of nitrogens with zero attached hydrogens (tertiary/aromatic N) is 1. The van der Waals surface area contributed by atoms with Crippen molar-refractivity contribution in [3.05, 3.63) is 51.7 Å². The van der Waals surface area contributed by atoms with Crippen LogP contribution in [0, 0.1) is 0 Å². The van der Waals surface area contributed by atoms with E-state index >= 15 is 0 Å². The van der Waals surface area contributed by atoms with Gasteiger partial charge in [-0.3, -0.25) is 4.79 Å². The number of nitrogens with one attached hydrogen (secondary N) is 1. The van der Waals surface area contributed by atoms with E-state index in [4.69, 9.17) is 0 Å². The summed E-state index contributed by atoms with van der Waals surface area (Å²) in [5, 5.41) is 4.12. The Morgan fingerprint density at radius 2 is 1.96 bits per heavy atom. The van der Waals surface area contributed by atoms with Crippen LogP contribution in [0.3, 0.4) is 0 Å². The van der Waals surface area contributed by atoms with E-state index in [1.165, 1.54) is 17.5 Å². The van der Waals surface area contributed by atoms with Crippen LogP contribution >= 0.6 is 11.3 Å². The topological polar surface area (TPSA) is 66.5 Å². The van der Waals surface area contributed by atoms with E-state index in [-0.39, 0.29) is 24.9 Å². The number of amides is 1. The van der Waals surface area contributed by atoms with Crippen molar-refractivity contribution in [2.24, 2.45) is 0 Å². The van der Waals surface area contributed by atoms with Gasteiger partial charge in [-0.1, -0.05) is 6.07 Å². The molecule has 1 fully saturated rings. The molecule has 1 aliphatic heterocycles. The van der Waals surface area contributed by atoms with Gasteiger partial charge in [0.2, 0.25) is 15.9 Å². The maximum absolute atomic E-state index is 12.7. The first-order chi connectivity index (χ1) is 13.5. The normalized spacial score (nSPS) is 19.6. The Hall–Kier alpha value is -1.70. The third kappa shape index (κ3) is 4.16. The highest BCUT2D eigenvalue weighted by Crippen LogP contribution is 2.33. The molecule has 0 spiro atoms. The first-order valence-corrected chi connectivity index (χ1v) is 12.4.